The van der Waals surface area contributed by atoms with Crippen molar-refractivity contribution in [3.63, 3.8) is 0 Å². The highest BCUT2D eigenvalue weighted by Crippen LogP contribution is 2.34. The van der Waals surface area contributed by atoms with Crippen molar-refractivity contribution in [1.82, 2.24) is 0 Å². The summed E-state index contributed by atoms with van der Waals surface area (Å²) in [6.07, 6.45) is 0. The molecular weight excluding hydrogens is 333 g/mol. The van der Waals surface area contributed by atoms with Crippen LogP contribution in [0, 0.1) is 0 Å². The standard InChI is InChI=1S/C19H13F3OS/c20-19(21,22)24-12-14-7-2-4-10-16(14)18(23)17-11-5-8-13-6-1-3-9-15(13)17/h1-11H,12H2. The van der Waals surface area contributed by atoms with Crippen LogP contribution in [0.2, 0.25) is 0 Å². The molecule has 0 aliphatic carbocycles. The monoisotopic (exact) mass is 346 g/mol. The lowest BCUT2D eigenvalue weighted by Crippen LogP contribution is -2.07. The molecule has 3 rings (SSSR count). The van der Waals surface area contributed by atoms with E-state index in [0.29, 0.717) is 16.7 Å². The van der Waals surface area contributed by atoms with Gasteiger partial charge in [0.25, 0.3) is 0 Å². The molecule has 0 heterocycles. The van der Waals surface area contributed by atoms with Crippen molar-refractivity contribution >= 4 is 28.3 Å². The molecule has 0 saturated carbocycles. The molecule has 0 amide bonds. The first-order valence-corrected chi connectivity index (χ1v) is 8.25. The lowest BCUT2D eigenvalue weighted by molar-refractivity contribution is -0.0329. The van der Waals surface area contributed by atoms with Gasteiger partial charge in [0.15, 0.2) is 5.78 Å². The molecule has 0 N–H and O–H groups in total. The number of rotatable bonds is 4. The summed E-state index contributed by atoms with van der Waals surface area (Å²) in [6, 6.07) is 19.3. The maximum Gasteiger partial charge on any atom is 0.442 e. The van der Waals surface area contributed by atoms with Crippen LogP contribution in [0.15, 0.2) is 66.7 Å². The summed E-state index contributed by atoms with van der Waals surface area (Å²) in [5, 5.41) is 1.72. The Balaban J connectivity index is 2.01. The predicted molar refractivity (Wildman–Crippen MR) is 91.2 cm³/mol. The van der Waals surface area contributed by atoms with Crippen LogP contribution in [0.25, 0.3) is 10.8 Å². The number of thioether (sulfide) groups is 1. The van der Waals surface area contributed by atoms with Crippen LogP contribution in [0.5, 0.6) is 0 Å². The van der Waals surface area contributed by atoms with Crippen molar-refractivity contribution in [2.24, 2.45) is 0 Å². The Hall–Kier alpha value is -2.27. The van der Waals surface area contributed by atoms with E-state index in [1.807, 2.05) is 30.3 Å². The molecule has 122 valence electrons. The number of carbonyl (C=O) groups excluding carboxylic acids is 1. The second-order valence-electron chi connectivity index (χ2n) is 5.25. The Morgan fingerprint density at radius 3 is 2.25 bits per heavy atom. The highest BCUT2D eigenvalue weighted by atomic mass is 32.2. The highest BCUT2D eigenvalue weighted by molar-refractivity contribution is 7.99. The average Bonchev–Trinajstić information content (AvgIpc) is 2.58. The molecule has 0 aliphatic rings. The first kappa shape index (κ1) is 16.6. The van der Waals surface area contributed by atoms with Gasteiger partial charge in [-0.15, -0.1) is 0 Å². The van der Waals surface area contributed by atoms with Gasteiger partial charge in [-0.2, -0.15) is 13.2 Å². The summed E-state index contributed by atoms with van der Waals surface area (Å²) >= 11 is -0.135. The number of halogens is 3. The fraction of sp³-hybridized carbons (Fsp3) is 0.105. The van der Waals surface area contributed by atoms with Crippen molar-refractivity contribution in [3.05, 3.63) is 83.4 Å². The normalized spacial score (nSPS) is 11.6. The molecule has 0 saturated heterocycles. The maximum absolute atomic E-state index is 12.9. The van der Waals surface area contributed by atoms with Gasteiger partial charge in [0.05, 0.1) is 0 Å². The van der Waals surface area contributed by atoms with E-state index in [-0.39, 0.29) is 23.3 Å². The van der Waals surface area contributed by atoms with E-state index >= 15 is 0 Å². The van der Waals surface area contributed by atoms with Gasteiger partial charge < -0.3 is 0 Å². The van der Waals surface area contributed by atoms with Gasteiger partial charge in [0.1, 0.15) is 0 Å². The fourth-order valence-corrected chi connectivity index (χ4v) is 3.17. The average molecular weight is 346 g/mol. The number of ketones is 1. The lowest BCUT2D eigenvalue weighted by atomic mass is 9.95. The van der Waals surface area contributed by atoms with E-state index in [0.717, 1.165) is 10.8 Å². The Morgan fingerprint density at radius 2 is 1.46 bits per heavy atom. The van der Waals surface area contributed by atoms with E-state index in [2.05, 4.69) is 0 Å². The first-order chi connectivity index (χ1) is 11.5. The van der Waals surface area contributed by atoms with Crippen LogP contribution in [-0.2, 0) is 5.75 Å². The Kier molecular flexibility index (Phi) is 4.62. The zero-order valence-corrected chi connectivity index (χ0v) is 13.3. The third kappa shape index (κ3) is 3.62. The number of hydrogen-bond acceptors (Lipinski definition) is 2. The molecule has 0 aliphatic heterocycles. The topological polar surface area (TPSA) is 17.1 Å². The predicted octanol–water partition coefficient (Wildman–Crippen LogP) is 5.82. The second kappa shape index (κ2) is 6.69. The van der Waals surface area contributed by atoms with E-state index in [1.54, 1.807) is 36.4 Å². The highest BCUT2D eigenvalue weighted by Gasteiger charge is 2.28. The zero-order valence-electron chi connectivity index (χ0n) is 12.5. The molecule has 0 aromatic heterocycles. The van der Waals surface area contributed by atoms with Gasteiger partial charge in [-0.05, 0) is 28.1 Å². The molecule has 3 aromatic rings. The summed E-state index contributed by atoms with van der Waals surface area (Å²) in [5.74, 6) is -0.541. The van der Waals surface area contributed by atoms with Gasteiger partial charge in [0.2, 0.25) is 0 Å². The number of carbonyl (C=O) groups is 1. The summed E-state index contributed by atoms with van der Waals surface area (Å²) in [6.45, 7) is 0. The number of hydrogen-bond donors (Lipinski definition) is 0. The number of fused-ring (bicyclic) bond motifs is 1. The van der Waals surface area contributed by atoms with Crippen molar-refractivity contribution < 1.29 is 18.0 Å². The smallest absolute Gasteiger partial charge is 0.289 e. The van der Waals surface area contributed by atoms with Crippen LogP contribution in [-0.4, -0.2) is 11.3 Å². The van der Waals surface area contributed by atoms with Gasteiger partial charge in [0, 0.05) is 16.9 Å². The van der Waals surface area contributed by atoms with Crippen molar-refractivity contribution in [1.29, 1.82) is 0 Å². The Morgan fingerprint density at radius 1 is 0.833 bits per heavy atom. The largest absolute Gasteiger partial charge is 0.442 e. The minimum absolute atomic E-state index is 0.135. The molecule has 5 heteroatoms. The van der Waals surface area contributed by atoms with Crippen molar-refractivity contribution in [3.8, 4) is 0 Å². The van der Waals surface area contributed by atoms with Crippen LogP contribution >= 0.6 is 11.8 Å². The number of alkyl halides is 3. The van der Waals surface area contributed by atoms with E-state index in [4.69, 9.17) is 0 Å². The molecule has 0 bridgehead atoms. The molecule has 0 unspecified atom stereocenters. The van der Waals surface area contributed by atoms with Gasteiger partial charge in [-0.3, -0.25) is 4.79 Å². The minimum Gasteiger partial charge on any atom is -0.289 e. The molecule has 24 heavy (non-hydrogen) atoms. The van der Waals surface area contributed by atoms with Gasteiger partial charge in [-0.1, -0.05) is 66.7 Å². The van der Waals surface area contributed by atoms with E-state index in [9.17, 15) is 18.0 Å². The lowest BCUT2D eigenvalue weighted by Gasteiger charge is -2.11. The SMILES string of the molecule is O=C(c1ccccc1CSC(F)(F)F)c1cccc2ccccc12. The van der Waals surface area contributed by atoms with Crippen LogP contribution in [0.4, 0.5) is 13.2 Å². The second-order valence-corrected chi connectivity index (χ2v) is 6.29. The Bertz CT molecular complexity index is 882. The van der Waals surface area contributed by atoms with Crippen molar-refractivity contribution in [2.75, 3.05) is 0 Å². The summed E-state index contributed by atoms with van der Waals surface area (Å²) in [5.41, 5.74) is -3.13. The molecule has 0 radical (unpaired) electrons. The third-order valence-electron chi connectivity index (χ3n) is 3.69. The third-order valence-corrected chi connectivity index (χ3v) is 4.47. The number of benzene rings is 3. The van der Waals surface area contributed by atoms with Gasteiger partial charge in [-0.25, -0.2) is 0 Å². The van der Waals surface area contributed by atoms with Crippen LogP contribution < -0.4 is 0 Å². The van der Waals surface area contributed by atoms with E-state index < -0.39 is 5.51 Å². The van der Waals surface area contributed by atoms with Gasteiger partial charge >= 0.3 is 5.51 Å². The zero-order chi connectivity index (χ0) is 17.2. The summed E-state index contributed by atoms with van der Waals surface area (Å²) in [4.78, 5) is 12.9. The summed E-state index contributed by atoms with van der Waals surface area (Å²) < 4.78 is 37.5. The Labute approximate surface area is 141 Å². The quantitative estimate of drug-likeness (QED) is 0.553. The van der Waals surface area contributed by atoms with Crippen LogP contribution in [0.3, 0.4) is 0 Å². The maximum atomic E-state index is 12.9. The van der Waals surface area contributed by atoms with Crippen molar-refractivity contribution in [2.45, 2.75) is 11.3 Å². The van der Waals surface area contributed by atoms with E-state index in [1.165, 1.54) is 0 Å². The molecule has 0 atom stereocenters. The molecule has 3 aromatic carbocycles. The molecular formula is C19H13F3OS. The summed E-state index contributed by atoms with van der Waals surface area (Å²) in [7, 11) is 0. The van der Waals surface area contributed by atoms with Crippen LogP contribution in [0.1, 0.15) is 21.5 Å². The molecule has 0 fully saturated rings. The molecule has 1 nitrogen and oxygen atoms in total. The molecule has 0 spiro atoms. The first-order valence-electron chi connectivity index (χ1n) is 7.27. The fourth-order valence-electron chi connectivity index (χ4n) is 2.60. The minimum atomic E-state index is -4.32.